The molecule has 0 saturated heterocycles. The van der Waals surface area contributed by atoms with E-state index in [1.54, 1.807) is 0 Å². The molecular formula is C27H27F2N5O2. The van der Waals surface area contributed by atoms with Crippen molar-refractivity contribution in [2.24, 2.45) is 5.92 Å². The number of halogens is 2. The van der Waals surface area contributed by atoms with Crippen LogP contribution in [-0.2, 0) is 0 Å². The third kappa shape index (κ3) is 4.91. The minimum absolute atomic E-state index is 0.148. The molecule has 36 heavy (non-hydrogen) atoms. The average molecular weight is 492 g/mol. The van der Waals surface area contributed by atoms with Crippen molar-refractivity contribution < 1.29 is 18.7 Å². The highest BCUT2D eigenvalue weighted by Crippen LogP contribution is 2.33. The van der Waals surface area contributed by atoms with Crippen LogP contribution in [0.1, 0.15) is 53.5 Å². The Kier molecular flexibility index (Phi) is 6.38. The van der Waals surface area contributed by atoms with Crippen molar-refractivity contribution in [3.05, 3.63) is 71.2 Å². The Balaban J connectivity index is 1.20. The first-order valence-electron chi connectivity index (χ1n) is 12.0. The molecule has 186 valence electrons. The number of nitrogens with one attached hydrogen (secondary N) is 1. The molecule has 2 aromatic carbocycles. The van der Waals surface area contributed by atoms with Gasteiger partial charge in [-0.3, -0.25) is 9.48 Å². The van der Waals surface area contributed by atoms with E-state index in [9.17, 15) is 18.7 Å². The van der Waals surface area contributed by atoms with Gasteiger partial charge in [-0.05, 0) is 69.7 Å². The van der Waals surface area contributed by atoms with Gasteiger partial charge < -0.3 is 10.4 Å². The number of carbonyl (C=O) groups is 1. The lowest BCUT2D eigenvalue weighted by Gasteiger charge is -2.28. The zero-order chi connectivity index (χ0) is 25.4. The number of aryl methyl sites for hydroxylation is 2. The van der Waals surface area contributed by atoms with E-state index in [-0.39, 0.29) is 17.5 Å². The largest absolute Gasteiger partial charge is 0.503 e. The first-order valence-corrected chi connectivity index (χ1v) is 12.0. The summed E-state index contributed by atoms with van der Waals surface area (Å²) in [6, 6.07) is 9.99. The molecule has 1 aliphatic rings. The number of aromatic nitrogens is 4. The van der Waals surface area contributed by atoms with Crippen molar-refractivity contribution in [3.8, 4) is 17.1 Å². The van der Waals surface area contributed by atoms with Crippen LogP contribution in [0.15, 0.2) is 42.6 Å². The van der Waals surface area contributed by atoms with Gasteiger partial charge in [0, 0.05) is 40.6 Å². The first kappa shape index (κ1) is 23.8. The molecule has 2 heterocycles. The molecule has 1 aliphatic carbocycles. The van der Waals surface area contributed by atoms with E-state index >= 15 is 0 Å². The number of fused-ring (bicyclic) bond motifs is 1. The van der Waals surface area contributed by atoms with E-state index in [0.29, 0.717) is 12.4 Å². The third-order valence-electron chi connectivity index (χ3n) is 6.79. The van der Waals surface area contributed by atoms with E-state index in [0.717, 1.165) is 65.7 Å². The third-order valence-corrected chi connectivity index (χ3v) is 6.79. The number of phenols is 1. The standard InChI is InChI=1S/C27H27F2N5O2/c1-15-9-16(2)32-26(31-15)18-5-6-19-14-34(33-24(19)12-18)21-7-3-17(4-8-21)13-30-27(36)20-10-22(28)25(35)23(29)11-20/h5-6,9-12,14,17,21,35H,3-4,7-8,13H2,1-2H3,(H,30,36)/t17-,21-. The molecule has 1 fully saturated rings. The molecule has 5 rings (SSSR count). The maximum absolute atomic E-state index is 13.5. The Morgan fingerprint density at radius 3 is 2.36 bits per heavy atom. The maximum atomic E-state index is 13.5. The fraction of sp³-hybridized carbons (Fsp3) is 0.333. The van der Waals surface area contributed by atoms with Crippen LogP contribution in [0.25, 0.3) is 22.3 Å². The molecule has 1 saturated carbocycles. The molecule has 0 spiro atoms. The molecule has 0 bridgehead atoms. The SMILES string of the molecule is Cc1cc(C)nc(-c2ccc3cn([C@H]4CC[C@H](CNC(=O)c5cc(F)c(O)c(F)c5)CC4)nc3c2)n1. The van der Waals surface area contributed by atoms with Crippen molar-refractivity contribution in [2.75, 3.05) is 6.54 Å². The van der Waals surface area contributed by atoms with Gasteiger partial charge in [-0.25, -0.2) is 18.7 Å². The molecule has 2 aromatic heterocycles. The summed E-state index contributed by atoms with van der Waals surface area (Å²) in [5.74, 6) is -2.97. The highest BCUT2D eigenvalue weighted by atomic mass is 19.1. The summed E-state index contributed by atoms with van der Waals surface area (Å²) in [5, 5.41) is 17.9. The van der Waals surface area contributed by atoms with Crippen molar-refractivity contribution in [2.45, 2.75) is 45.6 Å². The van der Waals surface area contributed by atoms with E-state index < -0.39 is 23.3 Å². The molecule has 0 aliphatic heterocycles. The number of phenolic OH excluding ortho intramolecular Hbond substituents is 1. The summed E-state index contributed by atoms with van der Waals surface area (Å²) in [5.41, 5.74) is 3.55. The van der Waals surface area contributed by atoms with Gasteiger partial charge in [0.05, 0.1) is 11.6 Å². The van der Waals surface area contributed by atoms with E-state index in [1.807, 2.05) is 42.8 Å². The van der Waals surface area contributed by atoms with Gasteiger partial charge in [0.15, 0.2) is 23.2 Å². The maximum Gasteiger partial charge on any atom is 0.251 e. The second-order valence-corrected chi connectivity index (χ2v) is 9.53. The van der Waals surface area contributed by atoms with Crippen LogP contribution in [-0.4, -0.2) is 37.3 Å². The summed E-state index contributed by atoms with van der Waals surface area (Å²) in [7, 11) is 0. The number of hydrogen-bond acceptors (Lipinski definition) is 5. The second-order valence-electron chi connectivity index (χ2n) is 9.53. The highest BCUT2D eigenvalue weighted by molar-refractivity contribution is 5.94. The Hall–Kier alpha value is -3.88. The first-order chi connectivity index (χ1) is 17.3. The number of amides is 1. The van der Waals surface area contributed by atoms with Crippen LogP contribution in [0, 0.1) is 31.4 Å². The van der Waals surface area contributed by atoms with Gasteiger partial charge in [-0.15, -0.1) is 0 Å². The minimum Gasteiger partial charge on any atom is -0.503 e. The molecule has 0 atom stereocenters. The molecule has 7 nitrogen and oxygen atoms in total. The second kappa shape index (κ2) is 9.64. The monoisotopic (exact) mass is 491 g/mol. The smallest absolute Gasteiger partial charge is 0.251 e. The van der Waals surface area contributed by atoms with Crippen LogP contribution in [0.5, 0.6) is 5.75 Å². The number of aromatic hydroxyl groups is 1. The van der Waals surface area contributed by atoms with Crippen LogP contribution in [0.2, 0.25) is 0 Å². The Morgan fingerprint density at radius 1 is 1.03 bits per heavy atom. The summed E-state index contributed by atoms with van der Waals surface area (Å²) >= 11 is 0. The quantitative estimate of drug-likeness (QED) is 0.398. The van der Waals surface area contributed by atoms with E-state index in [4.69, 9.17) is 5.10 Å². The lowest BCUT2D eigenvalue weighted by molar-refractivity contribution is 0.0940. The molecule has 9 heteroatoms. The van der Waals surface area contributed by atoms with Gasteiger partial charge in [-0.1, -0.05) is 12.1 Å². The summed E-state index contributed by atoms with van der Waals surface area (Å²) < 4.78 is 29.1. The lowest BCUT2D eigenvalue weighted by atomic mass is 9.86. The highest BCUT2D eigenvalue weighted by Gasteiger charge is 2.24. The van der Waals surface area contributed by atoms with Crippen molar-refractivity contribution >= 4 is 16.8 Å². The van der Waals surface area contributed by atoms with Gasteiger partial charge in [0.25, 0.3) is 5.91 Å². The zero-order valence-electron chi connectivity index (χ0n) is 20.1. The van der Waals surface area contributed by atoms with Gasteiger partial charge in [0.2, 0.25) is 0 Å². The summed E-state index contributed by atoms with van der Waals surface area (Å²) in [4.78, 5) is 21.4. The predicted octanol–water partition coefficient (Wildman–Crippen LogP) is 5.26. The fourth-order valence-electron chi connectivity index (χ4n) is 4.87. The van der Waals surface area contributed by atoms with Crippen LogP contribution in [0.4, 0.5) is 8.78 Å². The Labute approximate surface area is 207 Å². The van der Waals surface area contributed by atoms with Gasteiger partial charge in [-0.2, -0.15) is 5.10 Å². The van der Waals surface area contributed by atoms with Crippen molar-refractivity contribution in [3.63, 3.8) is 0 Å². The van der Waals surface area contributed by atoms with Gasteiger partial charge >= 0.3 is 0 Å². The zero-order valence-corrected chi connectivity index (χ0v) is 20.1. The van der Waals surface area contributed by atoms with Crippen LogP contribution < -0.4 is 5.32 Å². The summed E-state index contributed by atoms with van der Waals surface area (Å²) in [6.07, 6.45) is 5.72. The van der Waals surface area contributed by atoms with E-state index in [1.165, 1.54) is 0 Å². The molecular weight excluding hydrogens is 464 g/mol. The Bertz CT molecular complexity index is 1400. The number of carbonyl (C=O) groups excluding carboxylic acids is 1. The number of rotatable bonds is 5. The van der Waals surface area contributed by atoms with Crippen LogP contribution in [0.3, 0.4) is 0 Å². The summed E-state index contributed by atoms with van der Waals surface area (Å²) in [6.45, 7) is 4.34. The number of hydrogen-bond donors (Lipinski definition) is 2. The number of benzene rings is 2. The average Bonchev–Trinajstić information content (AvgIpc) is 3.28. The molecule has 2 N–H and O–H groups in total. The molecule has 0 radical (unpaired) electrons. The minimum atomic E-state index is -1.15. The predicted molar refractivity (Wildman–Crippen MR) is 132 cm³/mol. The normalized spacial score (nSPS) is 17.9. The molecule has 4 aromatic rings. The topological polar surface area (TPSA) is 92.9 Å². The fourth-order valence-corrected chi connectivity index (χ4v) is 4.87. The van der Waals surface area contributed by atoms with E-state index in [2.05, 4.69) is 21.5 Å². The lowest BCUT2D eigenvalue weighted by Crippen LogP contribution is -2.31. The Morgan fingerprint density at radius 2 is 1.69 bits per heavy atom. The molecule has 1 amide bonds. The van der Waals surface area contributed by atoms with Gasteiger partial charge in [0.1, 0.15) is 0 Å². The molecule has 0 unspecified atom stereocenters. The van der Waals surface area contributed by atoms with Crippen molar-refractivity contribution in [1.29, 1.82) is 0 Å². The van der Waals surface area contributed by atoms with Crippen LogP contribution >= 0.6 is 0 Å². The van der Waals surface area contributed by atoms with Crippen molar-refractivity contribution in [1.82, 2.24) is 25.1 Å². The number of nitrogens with zero attached hydrogens (tertiary/aromatic N) is 4.